The van der Waals surface area contributed by atoms with Gasteiger partial charge in [0.2, 0.25) is 0 Å². The average molecular weight is 278 g/mol. The summed E-state index contributed by atoms with van der Waals surface area (Å²) < 4.78 is 5.51. The van der Waals surface area contributed by atoms with E-state index >= 15 is 0 Å². The molecule has 0 aliphatic heterocycles. The minimum atomic E-state index is -1.07. The zero-order valence-corrected chi connectivity index (χ0v) is 9.08. The maximum absolute atomic E-state index is 10.7. The van der Waals surface area contributed by atoms with Gasteiger partial charge in [-0.3, -0.25) is 0 Å². The molecule has 0 aliphatic carbocycles. The summed E-state index contributed by atoms with van der Waals surface area (Å²) in [5.74, 6) is -0.883. The highest BCUT2D eigenvalue weighted by Crippen LogP contribution is 2.34. The van der Waals surface area contributed by atoms with Crippen LogP contribution in [-0.4, -0.2) is 17.8 Å². The molecule has 0 saturated carbocycles. The molecule has 0 fully saturated rings. The zero-order valence-electron chi connectivity index (χ0n) is 6.68. The van der Waals surface area contributed by atoms with E-state index in [1.165, 1.54) is 0 Å². The van der Waals surface area contributed by atoms with E-state index in [-0.39, 0.29) is 17.4 Å². The van der Waals surface area contributed by atoms with Crippen LogP contribution in [0, 0.1) is 0 Å². The van der Waals surface area contributed by atoms with Gasteiger partial charge in [-0.15, -0.1) is 11.3 Å². The number of carboxylic acid groups (broad SMARTS) is 1. The van der Waals surface area contributed by atoms with Crippen molar-refractivity contribution in [1.29, 1.82) is 0 Å². The van der Waals surface area contributed by atoms with Gasteiger partial charge in [0.1, 0.15) is 0 Å². The first kappa shape index (κ1) is 10.8. The fourth-order valence-electron chi connectivity index (χ4n) is 0.727. The van der Waals surface area contributed by atoms with Gasteiger partial charge in [-0.05, 0) is 21.5 Å². The zero-order chi connectivity index (χ0) is 10.6. The Hall–Kier alpha value is -1.24. The molecule has 0 amide bonds. The number of aromatic carboxylic acids is 1. The molecule has 0 radical (unpaired) electrons. The molecule has 0 aliphatic rings. The lowest BCUT2D eigenvalue weighted by atomic mass is 10.4. The van der Waals surface area contributed by atoms with Gasteiger partial charge in [0, 0.05) is 10.3 Å². The first-order chi connectivity index (χ1) is 6.66. The van der Waals surface area contributed by atoms with Gasteiger partial charge >= 0.3 is 5.97 Å². The normalized spacial score (nSPS) is 9.21. The molecule has 0 spiro atoms. The first-order valence-corrected chi connectivity index (χ1v) is 4.98. The Morgan fingerprint density at radius 1 is 1.86 bits per heavy atom. The lowest BCUT2D eigenvalue weighted by Gasteiger charge is -2.01. The fourth-order valence-corrected chi connectivity index (χ4v) is 2.16. The molecule has 8 heteroatoms. The highest BCUT2D eigenvalue weighted by molar-refractivity contribution is 9.10. The van der Waals surface area contributed by atoms with Crippen molar-refractivity contribution in [2.45, 2.75) is 0 Å². The average Bonchev–Trinajstić information content (AvgIpc) is 2.48. The van der Waals surface area contributed by atoms with Crippen molar-refractivity contribution in [2.24, 2.45) is 5.11 Å². The largest absolute Gasteiger partial charge is 0.485 e. The number of hydrogen-bond donors (Lipinski definition) is 1. The van der Waals surface area contributed by atoms with Crippen molar-refractivity contribution in [3.05, 3.63) is 25.2 Å². The summed E-state index contributed by atoms with van der Waals surface area (Å²) in [6.07, 6.45) is 0. The van der Waals surface area contributed by atoms with Crippen LogP contribution in [-0.2, 0) is 0 Å². The maximum Gasteiger partial charge on any atom is 0.349 e. The molecule has 1 aromatic heterocycles. The molecule has 1 N–H and O–H groups in total. The number of nitrogens with zero attached hydrogens (tertiary/aromatic N) is 3. The van der Waals surface area contributed by atoms with Gasteiger partial charge in [0.25, 0.3) is 0 Å². The Bertz CT molecular complexity index is 399. The third-order valence-electron chi connectivity index (χ3n) is 1.23. The fraction of sp³-hybridized carbons (Fsp3) is 0.167. The van der Waals surface area contributed by atoms with Crippen LogP contribution < -0.4 is 4.74 Å². The van der Waals surface area contributed by atoms with Crippen LogP contribution in [0.15, 0.2) is 15.0 Å². The van der Waals surface area contributed by atoms with Crippen molar-refractivity contribution < 1.29 is 14.6 Å². The Kier molecular flexibility index (Phi) is 3.75. The molecule has 1 rings (SSSR count). The van der Waals surface area contributed by atoms with Gasteiger partial charge in [-0.25, -0.2) is 4.79 Å². The molecule has 0 atom stereocenters. The SMILES string of the molecule is [N-]=[N+]=NCOc1c(Br)csc1C(=O)O. The molecule has 0 unspecified atom stereocenters. The summed E-state index contributed by atoms with van der Waals surface area (Å²) in [5, 5.41) is 13.5. The van der Waals surface area contributed by atoms with Gasteiger partial charge < -0.3 is 9.84 Å². The Balaban J connectivity index is 2.87. The van der Waals surface area contributed by atoms with Crippen LogP contribution in [0.4, 0.5) is 0 Å². The third kappa shape index (κ3) is 2.38. The first-order valence-electron chi connectivity index (χ1n) is 3.30. The summed E-state index contributed by atoms with van der Waals surface area (Å²) in [6, 6.07) is 0. The number of carboxylic acids is 1. The predicted molar refractivity (Wildman–Crippen MR) is 53.6 cm³/mol. The maximum atomic E-state index is 10.7. The molecule has 0 bridgehead atoms. The van der Waals surface area contributed by atoms with Gasteiger partial charge in [0.15, 0.2) is 17.4 Å². The van der Waals surface area contributed by atoms with E-state index in [0.29, 0.717) is 4.47 Å². The van der Waals surface area contributed by atoms with Crippen molar-refractivity contribution in [1.82, 2.24) is 0 Å². The van der Waals surface area contributed by atoms with Crippen molar-refractivity contribution in [3.63, 3.8) is 0 Å². The standard InChI is InChI=1S/C6H4BrN3O3S/c7-3-1-14-5(6(11)12)4(3)13-2-9-10-8/h1H,2H2,(H,11,12). The van der Waals surface area contributed by atoms with Crippen LogP contribution in [0.25, 0.3) is 10.4 Å². The molecule has 0 aromatic carbocycles. The summed E-state index contributed by atoms with van der Waals surface area (Å²) in [7, 11) is 0. The van der Waals surface area contributed by atoms with E-state index < -0.39 is 5.97 Å². The van der Waals surface area contributed by atoms with Crippen molar-refractivity contribution in [2.75, 3.05) is 6.73 Å². The number of ether oxygens (including phenoxy) is 1. The lowest BCUT2D eigenvalue weighted by molar-refractivity contribution is 0.0698. The van der Waals surface area contributed by atoms with Crippen molar-refractivity contribution in [3.8, 4) is 5.75 Å². The summed E-state index contributed by atoms with van der Waals surface area (Å²) >= 11 is 4.16. The molecular formula is C6H4BrN3O3S. The Morgan fingerprint density at radius 2 is 2.57 bits per heavy atom. The lowest BCUT2D eigenvalue weighted by Crippen LogP contribution is -1.99. The molecular weight excluding hydrogens is 274 g/mol. The summed E-state index contributed by atoms with van der Waals surface area (Å²) in [4.78, 5) is 13.2. The molecule has 74 valence electrons. The quantitative estimate of drug-likeness (QED) is 0.521. The number of rotatable bonds is 4. The van der Waals surface area contributed by atoms with E-state index in [1.807, 2.05) is 0 Å². The van der Waals surface area contributed by atoms with E-state index in [0.717, 1.165) is 11.3 Å². The third-order valence-corrected chi connectivity index (χ3v) is 3.07. The van der Waals surface area contributed by atoms with Crippen LogP contribution in [0.1, 0.15) is 9.67 Å². The molecule has 1 heterocycles. The highest BCUT2D eigenvalue weighted by Gasteiger charge is 2.16. The van der Waals surface area contributed by atoms with Crippen LogP contribution in [0.3, 0.4) is 0 Å². The number of halogens is 1. The molecule has 0 saturated heterocycles. The number of azide groups is 1. The van der Waals surface area contributed by atoms with E-state index in [9.17, 15) is 4.79 Å². The molecule has 14 heavy (non-hydrogen) atoms. The van der Waals surface area contributed by atoms with E-state index in [2.05, 4.69) is 26.0 Å². The predicted octanol–water partition coefficient (Wildman–Crippen LogP) is 2.86. The van der Waals surface area contributed by atoms with Crippen LogP contribution in [0.2, 0.25) is 0 Å². The smallest absolute Gasteiger partial charge is 0.349 e. The van der Waals surface area contributed by atoms with Crippen LogP contribution in [0.5, 0.6) is 5.75 Å². The summed E-state index contributed by atoms with van der Waals surface area (Å²) in [5.41, 5.74) is 8.00. The Morgan fingerprint density at radius 3 is 3.14 bits per heavy atom. The minimum Gasteiger partial charge on any atom is -0.485 e. The number of hydrogen-bond acceptors (Lipinski definition) is 4. The second kappa shape index (κ2) is 4.85. The van der Waals surface area contributed by atoms with Gasteiger partial charge in [-0.2, -0.15) is 0 Å². The van der Waals surface area contributed by atoms with Gasteiger partial charge in [-0.1, -0.05) is 5.11 Å². The molecule has 1 aromatic rings. The molecule has 6 nitrogen and oxygen atoms in total. The summed E-state index contributed by atoms with van der Waals surface area (Å²) in [6.45, 7) is -0.230. The number of thiophene rings is 1. The van der Waals surface area contributed by atoms with E-state index in [4.69, 9.17) is 15.4 Å². The monoisotopic (exact) mass is 277 g/mol. The van der Waals surface area contributed by atoms with Crippen LogP contribution >= 0.6 is 27.3 Å². The minimum absolute atomic E-state index is 0.0741. The van der Waals surface area contributed by atoms with E-state index in [1.54, 1.807) is 5.38 Å². The Labute approximate surface area is 90.9 Å². The second-order valence-electron chi connectivity index (χ2n) is 2.05. The number of carbonyl (C=O) groups is 1. The highest BCUT2D eigenvalue weighted by atomic mass is 79.9. The van der Waals surface area contributed by atoms with Crippen molar-refractivity contribution >= 4 is 33.2 Å². The topological polar surface area (TPSA) is 95.3 Å². The second-order valence-corrected chi connectivity index (χ2v) is 3.79. The van der Waals surface area contributed by atoms with Gasteiger partial charge in [0.05, 0.1) is 4.47 Å².